The molecule has 1 saturated carbocycles. The van der Waals surface area contributed by atoms with Gasteiger partial charge in [-0.15, -0.1) is 0 Å². The quantitative estimate of drug-likeness (QED) is 0.872. The van der Waals surface area contributed by atoms with Gasteiger partial charge in [-0.05, 0) is 25.0 Å². The third-order valence-corrected chi connectivity index (χ3v) is 3.54. The molecule has 0 atom stereocenters. The van der Waals surface area contributed by atoms with Crippen LogP contribution in [-0.4, -0.2) is 33.9 Å². The summed E-state index contributed by atoms with van der Waals surface area (Å²) in [6, 6.07) is 6.88. The third-order valence-electron chi connectivity index (χ3n) is 3.54. The van der Waals surface area contributed by atoms with Gasteiger partial charge in [-0.3, -0.25) is 0 Å². The summed E-state index contributed by atoms with van der Waals surface area (Å²) in [5, 5.41) is 13.5. The van der Waals surface area contributed by atoms with Crippen molar-refractivity contribution in [1.82, 2.24) is 9.78 Å². The van der Waals surface area contributed by atoms with Crippen LogP contribution in [0.1, 0.15) is 45.2 Å². The Bertz CT molecular complexity index is 716. The Balaban J connectivity index is 2.18. The maximum Gasteiger partial charge on any atom is 0.340 e. The second-order valence-corrected chi connectivity index (χ2v) is 4.94. The number of carboxylic acids is 1. The van der Waals surface area contributed by atoms with Gasteiger partial charge in [0, 0.05) is 5.92 Å². The minimum Gasteiger partial charge on any atom is -0.478 e. The Morgan fingerprint density at radius 3 is 2.62 bits per heavy atom. The molecule has 108 valence electrons. The van der Waals surface area contributed by atoms with E-state index in [0.29, 0.717) is 16.9 Å². The first-order chi connectivity index (χ1) is 10.1. The maximum atomic E-state index is 11.9. The number of carbonyl (C=O) groups is 2. The minimum absolute atomic E-state index is 0.185. The van der Waals surface area contributed by atoms with Crippen LogP contribution in [0.4, 0.5) is 0 Å². The van der Waals surface area contributed by atoms with Crippen molar-refractivity contribution in [2.45, 2.75) is 18.8 Å². The number of carbonyl (C=O) groups excluding carboxylic acids is 1. The molecule has 0 radical (unpaired) electrons. The van der Waals surface area contributed by atoms with Gasteiger partial charge in [-0.1, -0.05) is 12.1 Å². The van der Waals surface area contributed by atoms with E-state index in [-0.39, 0.29) is 11.5 Å². The summed E-state index contributed by atoms with van der Waals surface area (Å²) in [7, 11) is 1.31. The lowest BCUT2D eigenvalue weighted by Crippen LogP contribution is -2.11. The molecule has 1 aliphatic carbocycles. The average Bonchev–Trinajstić information content (AvgIpc) is 3.24. The smallest absolute Gasteiger partial charge is 0.340 e. The predicted octanol–water partition coefficient (Wildman–Crippen LogP) is 2.23. The van der Waals surface area contributed by atoms with Gasteiger partial charge >= 0.3 is 11.9 Å². The van der Waals surface area contributed by atoms with E-state index in [1.165, 1.54) is 13.3 Å². The summed E-state index contributed by atoms with van der Waals surface area (Å²) >= 11 is 0. The van der Waals surface area contributed by atoms with Crippen molar-refractivity contribution in [2.75, 3.05) is 7.11 Å². The largest absolute Gasteiger partial charge is 0.478 e. The predicted molar refractivity (Wildman–Crippen MR) is 73.8 cm³/mol. The average molecular weight is 286 g/mol. The molecule has 0 unspecified atom stereocenters. The molecule has 0 spiro atoms. The van der Waals surface area contributed by atoms with Crippen molar-refractivity contribution >= 4 is 11.9 Å². The summed E-state index contributed by atoms with van der Waals surface area (Å²) in [4.78, 5) is 23.2. The highest BCUT2D eigenvalue weighted by Crippen LogP contribution is 2.42. The van der Waals surface area contributed by atoms with Gasteiger partial charge in [0.05, 0.1) is 30.3 Å². The Kier molecular flexibility index (Phi) is 3.21. The number of para-hydroxylation sites is 1. The Hall–Kier alpha value is -2.63. The molecule has 6 nitrogen and oxygen atoms in total. The van der Waals surface area contributed by atoms with E-state index in [4.69, 9.17) is 4.74 Å². The fourth-order valence-corrected chi connectivity index (χ4v) is 2.41. The van der Waals surface area contributed by atoms with Gasteiger partial charge in [0.2, 0.25) is 0 Å². The number of hydrogen-bond acceptors (Lipinski definition) is 4. The van der Waals surface area contributed by atoms with Crippen molar-refractivity contribution in [3.05, 3.63) is 47.3 Å². The van der Waals surface area contributed by atoms with Crippen LogP contribution < -0.4 is 0 Å². The molecule has 1 aromatic heterocycles. The van der Waals surface area contributed by atoms with Crippen molar-refractivity contribution in [3.63, 3.8) is 0 Å². The molecule has 1 aliphatic rings. The van der Waals surface area contributed by atoms with E-state index in [1.807, 2.05) is 0 Å². The lowest BCUT2D eigenvalue weighted by atomic mass is 10.1. The number of benzene rings is 1. The number of aromatic nitrogens is 2. The van der Waals surface area contributed by atoms with Gasteiger partial charge in [0.1, 0.15) is 5.56 Å². The molecule has 3 rings (SSSR count). The molecule has 0 saturated heterocycles. The van der Waals surface area contributed by atoms with E-state index >= 15 is 0 Å². The zero-order valence-corrected chi connectivity index (χ0v) is 11.4. The number of methoxy groups -OCH3 is 1. The SMILES string of the molecule is COC(=O)c1ccccc1-n1ncc(C(=O)O)c1C1CC1. The summed E-state index contributed by atoms with van der Waals surface area (Å²) in [5.41, 5.74) is 1.75. The molecule has 1 aromatic carbocycles. The summed E-state index contributed by atoms with van der Waals surface area (Å²) < 4.78 is 6.32. The zero-order chi connectivity index (χ0) is 15.0. The second kappa shape index (κ2) is 5.05. The number of rotatable bonds is 4. The van der Waals surface area contributed by atoms with Crippen LogP contribution in [0.25, 0.3) is 5.69 Å². The topological polar surface area (TPSA) is 81.4 Å². The molecule has 0 aliphatic heterocycles. The van der Waals surface area contributed by atoms with Crippen molar-refractivity contribution in [1.29, 1.82) is 0 Å². The van der Waals surface area contributed by atoms with Crippen LogP contribution in [-0.2, 0) is 4.74 Å². The summed E-state index contributed by atoms with van der Waals surface area (Å²) in [6.07, 6.45) is 3.21. The highest BCUT2D eigenvalue weighted by atomic mass is 16.5. The molecule has 1 fully saturated rings. The van der Waals surface area contributed by atoms with Crippen molar-refractivity contribution < 1.29 is 19.4 Å². The lowest BCUT2D eigenvalue weighted by molar-refractivity contribution is 0.0600. The zero-order valence-electron chi connectivity index (χ0n) is 11.4. The van der Waals surface area contributed by atoms with Crippen LogP contribution in [0.3, 0.4) is 0 Å². The van der Waals surface area contributed by atoms with Gasteiger partial charge in [-0.2, -0.15) is 5.10 Å². The third kappa shape index (κ3) is 2.29. The van der Waals surface area contributed by atoms with Gasteiger partial charge in [0.15, 0.2) is 0 Å². The molecule has 21 heavy (non-hydrogen) atoms. The first-order valence-electron chi connectivity index (χ1n) is 6.62. The first-order valence-corrected chi connectivity index (χ1v) is 6.62. The van der Waals surface area contributed by atoms with Crippen LogP contribution in [0.5, 0.6) is 0 Å². The van der Waals surface area contributed by atoms with Crippen molar-refractivity contribution in [2.24, 2.45) is 0 Å². The fraction of sp³-hybridized carbons (Fsp3) is 0.267. The van der Waals surface area contributed by atoms with E-state index < -0.39 is 11.9 Å². The number of esters is 1. The Morgan fingerprint density at radius 1 is 1.29 bits per heavy atom. The van der Waals surface area contributed by atoms with Crippen LogP contribution in [0, 0.1) is 0 Å². The highest BCUT2D eigenvalue weighted by molar-refractivity contribution is 5.94. The monoisotopic (exact) mass is 286 g/mol. The highest BCUT2D eigenvalue weighted by Gasteiger charge is 2.33. The van der Waals surface area contributed by atoms with E-state index in [1.54, 1.807) is 28.9 Å². The Morgan fingerprint density at radius 2 is 2.00 bits per heavy atom. The van der Waals surface area contributed by atoms with Crippen LogP contribution in [0.2, 0.25) is 0 Å². The Labute approximate surface area is 121 Å². The number of aromatic carboxylic acids is 1. The van der Waals surface area contributed by atoms with Gasteiger partial charge in [-0.25, -0.2) is 14.3 Å². The van der Waals surface area contributed by atoms with E-state index in [0.717, 1.165) is 12.8 Å². The minimum atomic E-state index is -1.00. The number of nitrogens with zero attached hydrogens (tertiary/aromatic N) is 2. The maximum absolute atomic E-state index is 11.9. The molecular formula is C15H14N2O4. The van der Waals surface area contributed by atoms with E-state index in [9.17, 15) is 14.7 Å². The van der Waals surface area contributed by atoms with Gasteiger partial charge in [0.25, 0.3) is 0 Å². The molecular weight excluding hydrogens is 272 g/mol. The molecule has 0 bridgehead atoms. The molecule has 1 heterocycles. The molecule has 6 heteroatoms. The summed E-state index contributed by atoms with van der Waals surface area (Å²) in [5.74, 6) is -1.29. The van der Waals surface area contributed by atoms with Crippen LogP contribution in [0.15, 0.2) is 30.5 Å². The van der Waals surface area contributed by atoms with Crippen LogP contribution >= 0.6 is 0 Å². The molecule has 0 amide bonds. The van der Waals surface area contributed by atoms with E-state index in [2.05, 4.69) is 5.10 Å². The lowest BCUT2D eigenvalue weighted by Gasteiger charge is -2.11. The molecule has 2 aromatic rings. The number of hydrogen-bond donors (Lipinski definition) is 1. The molecule has 1 N–H and O–H groups in total. The number of carboxylic acid groups (broad SMARTS) is 1. The first kappa shape index (κ1) is 13.4. The fourth-order valence-electron chi connectivity index (χ4n) is 2.41. The second-order valence-electron chi connectivity index (χ2n) is 4.94. The standard InChI is InChI=1S/C15H14N2O4/c1-21-15(20)10-4-2-3-5-12(10)17-13(9-6-7-9)11(8-16-17)14(18)19/h2-5,8-9H,6-7H2,1H3,(H,18,19). The van der Waals surface area contributed by atoms with Gasteiger partial charge < -0.3 is 9.84 Å². The van der Waals surface area contributed by atoms with Crippen molar-refractivity contribution in [3.8, 4) is 5.69 Å². The number of ether oxygens (including phenoxy) is 1. The summed E-state index contributed by atoms with van der Waals surface area (Å²) in [6.45, 7) is 0. The normalized spacial score (nSPS) is 14.0.